The molecule has 0 aliphatic rings. The van der Waals surface area contributed by atoms with E-state index in [1.165, 1.54) is 6.33 Å². The molecule has 2 aromatic rings. The summed E-state index contributed by atoms with van der Waals surface area (Å²) in [7, 11) is 0. The van der Waals surface area contributed by atoms with Gasteiger partial charge in [-0.3, -0.25) is 4.79 Å². The Morgan fingerprint density at radius 1 is 1.26 bits per heavy atom. The van der Waals surface area contributed by atoms with Crippen molar-refractivity contribution in [3.8, 4) is 0 Å². The summed E-state index contributed by atoms with van der Waals surface area (Å²) >= 11 is 0. The fourth-order valence-corrected chi connectivity index (χ4v) is 1.73. The standard InChI is InChI=1S/C14H15N3O2/c1-10-6-13(17-9-16-10)14(19)15-7-11-4-2-3-5-12(11)8-18/h2-6,9,18H,7-8H2,1H3,(H,15,19). The van der Waals surface area contributed by atoms with Crippen LogP contribution in [0.15, 0.2) is 36.7 Å². The van der Waals surface area contributed by atoms with Crippen molar-refractivity contribution in [1.82, 2.24) is 15.3 Å². The van der Waals surface area contributed by atoms with Crippen LogP contribution in [0, 0.1) is 6.92 Å². The lowest BCUT2D eigenvalue weighted by Gasteiger charge is -2.08. The van der Waals surface area contributed by atoms with Gasteiger partial charge in [0.25, 0.3) is 5.91 Å². The van der Waals surface area contributed by atoms with E-state index < -0.39 is 0 Å². The molecule has 2 N–H and O–H groups in total. The van der Waals surface area contributed by atoms with Crippen molar-refractivity contribution < 1.29 is 9.90 Å². The maximum absolute atomic E-state index is 11.9. The van der Waals surface area contributed by atoms with Crippen LogP contribution >= 0.6 is 0 Å². The molecule has 0 saturated heterocycles. The van der Waals surface area contributed by atoms with Crippen molar-refractivity contribution in [2.75, 3.05) is 0 Å². The maximum Gasteiger partial charge on any atom is 0.270 e. The monoisotopic (exact) mass is 257 g/mol. The van der Waals surface area contributed by atoms with E-state index >= 15 is 0 Å². The second kappa shape index (κ2) is 6.06. The van der Waals surface area contributed by atoms with Crippen LogP contribution < -0.4 is 5.32 Å². The molecule has 1 amide bonds. The highest BCUT2D eigenvalue weighted by molar-refractivity contribution is 5.92. The summed E-state index contributed by atoms with van der Waals surface area (Å²) in [5.74, 6) is -0.252. The number of carbonyl (C=O) groups excluding carboxylic acids is 1. The highest BCUT2D eigenvalue weighted by Crippen LogP contribution is 2.08. The highest BCUT2D eigenvalue weighted by atomic mass is 16.3. The predicted molar refractivity (Wildman–Crippen MR) is 70.3 cm³/mol. The van der Waals surface area contributed by atoms with Crippen LogP contribution in [0.1, 0.15) is 27.3 Å². The first-order chi connectivity index (χ1) is 9.20. The van der Waals surface area contributed by atoms with Gasteiger partial charge in [-0.15, -0.1) is 0 Å². The van der Waals surface area contributed by atoms with E-state index in [4.69, 9.17) is 0 Å². The molecule has 98 valence electrons. The Bertz CT molecular complexity index is 584. The fraction of sp³-hybridized carbons (Fsp3) is 0.214. The van der Waals surface area contributed by atoms with Crippen LogP contribution in [0.2, 0.25) is 0 Å². The molecule has 0 saturated carbocycles. The molecule has 1 aromatic heterocycles. The van der Waals surface area contributed by atoms with E-state index in [-0.39, 0.29) is 12.5 Å². The molecule has 0 radical (unpaired) electrons. The third-order valence-electron chi connectivity index (χ3n) is 2.76. The Labute approximate surface area is 111 Å². The van der Waals surface area contributed by atoms with Crippen LogP contribution in [0.5, 0.6) is 0 Å². The Hall–Kier alpha value is -2.27. The summed E-state index contributed by atoms with van der Waals surface area (Å²) in [6.45, 7) is 2.12. The molecular weight excluding hydrogens is 242 g/mol. The van der Waals surface area contributed by atoms with E-state index in [1.54, 1.807) is 13.0 Å². The van der Waals surface area contributed by atoms with E-state index in [0.717, 1.165) is 16.8 Å². The quantitative estimate of drug-likeness (QED) is 0.863. The minimum Gasteiger partial charge on any atom is -0.392 e. The number of nitrogens with zero attached hydrogens (tertiary/aromatic N) is 2. The third-order valence-corrected chi connectivity index (χ3v) is 2.76. The van der Waals surface area contributed by atoms with Crippen molar-refractivity contribution in [2.45, 2.75) is 20.1 Å². The number of rotatable bonds is 4. The molecule has 1 aromatic carbocycles. The van der Waals surface area contributed by atoms with E-state index in [9.17, 15) is 9.90 Å². The van der Waals surface area contributed by atoms with Gasteiger partial charge in [0.1, 0.15) is 12.0 Å². The maximum atomic E-state index is 11.9. The lowest BCUT2D eigenvalue weighted by Crippen LogP contribution is -2.24. The summed E-state index contributed by atoms with van der Waals surface area (Å²) in [4.78, 5) is 19.8. The number of carbonyl (C=O) groups is 1. The average Bonchev–Trinajstić information content (AvgIpc) is 2.45. The van der Waals surface area contributed by atoms with Gasteiger partial charge < -0.3 is 10.4 Å². The van der Waals surface area contributed by atoms with Gasteiger partial charge in [0.2, 0.25) is 0 Å². The van der Waals surface area contributed by atoms with Crippen molar-refractivity contribution in [3.05, 3.63) is 59.2 Å². The van der Waals surface area contributed by atoms with Crippen molar-refractivity contribution in [1.29, 1.82) is 0 Å². The van der Waals surface area contributed by atoms with Gasteiger partial charge in [-0.05, 0) is 24.1 Å². The summed E-state index contributed by atoms with van der Waals surface area (Å²) in [6.07, 6.45) is 1.37. The number of aryl methyl sites for hydroxylation is 1. The largest absolute Gasteiger partial charge is 0.392 e. The second-order valence-electron chi connectivity index (χ2n) is 4.15. The first-order valence-electron chi connectivity index (χ1n) is 5.95. The number of hydrogen-bond donors (Lipinski definition) is 2. The minimum absolute atomic E-state index is 0.0430. The smallest absolute Gasteiger partial charge is 0.270 e. The van der Waals surface area contributed by atoms with Gasteiger partial charge in [-0.25, -0.2) is 9.97 Å². The van der Waals surface area contributed by atoms with Crippen LogP contribution in [-0.4, -0.2) is 21.0 Å². The summed E-state index contributed by atoms with van der Waals surface area (Å²) < 4.78 is 0. The lowest BCUT2D eigenvalue weighted by molar-refractivity contribution is 0.0945. The number of aliphatic hydroxyl groups is 1. The first-order valence-corrected chi connectivity index (χ1v) is 5.95. The highest BCUT2D eigenvalue weighted by Gasteiger charge is 2.08. The van der Waals surface area contributed by atoms with Crippen LogP contribution in [0.4, 0.5) is 0 Å². The van der Waals surface area contributed by atoms with Crippen LogP contribution in [-0.2, 0) is 13.2 Å². The molecule has 19 heavy (non-hydrogen) atoms. The molecule has 0 spiro atoms. The molecular formula is C14H15N3O2. The van der Waals surface area contributed by atoms with Gasteiger partial charge in [-0.1, -0.05) is 24.3 Å². The third kappa shape index (κ3) is 3.35. The normalized spacial score (nSPS) is 10.2. The topological polar surface area (TPSA) is 75.1 Å². The average molecular weight is 257 g/mol. The first kappa shape index (κ1) is 13.2. The number of aromatic nitrogens is 2. The van der Waals surface area contributed by atoms with E-state index in [1.807, 2.05) is 24.3 Å². The molecule has 0 aliphatic heterocycles. The van der Waals surface area contributed by atoms with Crippen LogP contribution in [0.25, 0.3) is 0 Å². The zero-order valence-corrected chi connectivity index (χ0v) is 10.6. The molecule has 5 heteroatoms. The Morgan fingerprint density at radius 3 is 2.68 bits per heavy atom. The minimum atomic E-state index is -0.252. The van der Waals surface area contributed by atoms with Gasteiger partial charge in [0, 0.05) is 12.2 Å². The summed E-state index contributed by atoms with van der Waals surface area (Å²) in [6, 6.07) is 9.06. The number of benzene rings is 1. The number of aliphatic hydroxyl groups excluding tert-OH is 1. The van der Waals surface area contributed by atoms with E-state index in [0.29, 0.717) is 12.2 Å². The Kier molecular flexibility index (Phi) is 4.20. The number of amides is 1. The molecule has 2 rings (SSSR count). The second-order valence-corrected chi connectivity index (χ2v) is 4.15. The van der Waals surface area contributed by atoms with Gasteiger partial charge in [0.05, 0.1) is 6.61 Å². The van der Waals surface area contributed by atoms with Crippen LogP contribution in [0.3, 0.4) is 0 Å². The molecule has 0 fully saturated rings. The summed E-state index contributed by atoms with van der Waals surface area (Å²) in [5, 5.41) is 12.0. The Morgan fingerprint density at radius 2 is 2.00 bits per heavy atom. The summed E-state index contributed by atoms with van der Waals surface area (Å²) in [5.41, 5.74) is 2.79. The molecule has 0 aliphatic carbocycles. The van der Waals surface area contributed by atoms with Gasteiger partial charge in [0.15, 0.2) is 0 Å². The number of hydrogen-bond acceptors (Lipinski definition) is 4. The molecule has 1 heterocycles. The van der Waals surface area contributed by atoms with Crippen molar-refractivity contribution in [2.24, 2.45) is 0 Å². The molecule has 0 bridgehead atoms. The SMILES string of the molecule is Cc1cc(C(=O)NCc2ccccc2CO)ncn1. The lowest BCUT2D eigenvalue weighted by atomic mass is 10.1. The predicted octanol–water partition coefficient (Wildman–Crippen LogP) is 1.21. The zero-order chi connectivity index (χ0) is 13.7. The molecule has 0 unspecified atom stereocenters. The van der Waals surface area contributed by atoms with Crippen molar-refractivity contribution >= 4 is 5.91 Å². The van der Waals surface area contributed by atoms with Gasteiger partial charge in [-0.2, -0.15) is 0 Å². The Balaban J connectivity index is 2.04. The zero-order valence-electron chi connectivity index (χ0n) is 10.6. The fourth-order valence-electron chi connectivity index (χ4n) is 1.73. The molecule has 0 atom stereocenters. The molecule has 5 nitrogen and oxygen atoms in total. The van der Waals surface area contributed by atoms with E-state index in [2.05, 4.69) is 15.3 Å². The van der Waals surface area contributed by atoms with Crippen molar-refractivity contribution in [3.63, 3.8) is 0 Å². The van der Waals surface area contributed by atoms with Gasteiger partial charge >= 0.3 is 0 Å². The number of nitrogens with one attached hydrogen (secondary N) is 1.